The normalized spacial score (nSPS) is 12.4. The SMILES string of the molecule is CCCCCC(C(N)=O)c1ccc(Cl)nn1. The Morgan fingerprint density at radius 2 is 2.19 bits per heavy atom. The number of rotatable bonds is 6. The van der Waals surface area contributed by atoms with Crippen LogP contribution in [0.2, 0.25) is 5.15 Å². The molecule has 0 aliphatic carbocycles. The highest BCUT2D eigenvalue weighted by molar-refractivity contribution is 6.29. The van der Waals surface area contributed by atoms with Crippen LogP contribution in [0.5, 0.6) is 0 Å². The first-order chi connectivity index (χ1) is 7.65. The highest BCUT2D eigenvalue weighted by Crippen LogP contribution is 2.20. The van der Waals surface area contributed by atoms with Gasteiger partial charge in [0.05, 0.1) is 11.6 Å². The first-order valence-electron chi connectivity index (χ1n) is 5.43. The lowest BCUT2D eigenvalue weighted by Crippen LogP contribution is -2.22. The quantitative estimate of drug-likeness (QED) is 0.777. The van der Waals surface area contributed by atoms with Gasteiger partial charge in [0.2, 0.25) is 5.91 Å². The number of carbonyl (C=O) groups excluding carboxylic acids is 1. The second-order valence-electron chi connectivity index (χ2n) is 3.73. The zero-order chi connectivity index (χ0) is 12.0. The van der Waals surface area contributed by atoms with Crippen LogP contribution in [0.1, 0.15) is 44.2 Å². The largest absolute Gasteiger partial charge is 0.369 e. The second-order valence-corrected chi connectivity index (χ2v) is 4.12. The molecule has 5 heteroatoms. The number of hydrogen-bond acceptors (Lipinski definition) is 3. The van der Waals surface area contributed by atoms with Gasteiger partial charge in [-0.2, -0.15) is 5.10 Å². The smallest absolute Gasteiger partial charge is 0.226 e. The van der Waals surface area contributed by atoms with Gasteiger partial charge < -0.3 is 5.73 Å². The number of nitrogens with two attached hydrogens (primary N) is 1. The van der Waals surface area contributed by atoms with Gasteiger partial charge in [-0.25, -0.2) is 0 Å². The van der Waals surface area contributed by atoms with Crippen LogP contribution in [0.15, 0.2) is 12.1 Å². The van der Waals surface area contributed by atoms with Gasteiger partial charge in [-0.15, -0.1) is 5.10 Å². The molecule has 1 aromatic heterocycles. The summed E-state index contributed by atoms with van der Waals surface area (Å²) in [5, 5.41) is 7.93. The molecule has 0 aliphatic heterocycles. The molecule has 4 nitrogen and oxygen atoms in total. The number of amides is 1. The molecule has 0 aromatic carbocycles. The van der Waals surface area contributed by atoms with Crippen LogP contribution in [0, 0.1) is 0 Å². The molecule has 0 fully saturated rings. The third-order valence-corrected chi connectivity index (χ3v) is 2.65. The van der Waals surface area contributed by atoms with Crippen LogP contribution < -0.4 is 5.73 Å². The molecule has 0 bridgehead atoms. The summed E-state index contributed by atoms with van der Waals surface area (Å²) in [4.78, 5) is 11.3. The summed E-state index contributed by atoms with van der Waals surface area (Å²) in [6.07, 6.45) is 3.89. The van der Waals surface area contributed by atoms with Crippen molar-refractivity contribution in [3.63, 3.8) is 0 Å². The van der Waals surface area contributed by atoms with Crippen molar-refractivity contribution in [3.8, 4) is 0 Å². The molecule has 0 aliphatic rings. The Labute approximate surface area is 100 Å². The maximum absolute atomic E-state index is 11.3. The molecule has 1 heterocycles. The summed E-state index contributed by atoms with van der Waals surface area (Å²) in [7, 11) is 0. The lowest BCUT2D eigenvalue weighted by Gasteiger charge is -2.11. The maximum atomic E-state index is 11.3. The van der Waals surface area contributed by atoms with Crippen molar-refractivity contribution in [2.75, 3.05) is 0 Å². The molecule has 1 rings (SSSR count). The minimum atomic E-state index is -0.354. The minimum absolute atomic E-state index is 0.320. The number of hydrogen-bond donors (Lipinski definition) is 1. The van der Waals surface area contributed by atoms with E-state index in [2.05, 4.69) is 17.1 Å². The first kappa shape index (κ1) is 12.9. The fourth-order valence-corrected chi connectivity index (χ4v) is 1.65. The topological polar surface area (TPSA) is 68.9 Å². The molecule has 0 spiro atoms. The highest BCUT2D eigenvalue weighted by atomic mass is 35.5. The standard InChI is InChI=1S/C11H16ClN3O/c1-2-3-4-5-8(11(13)16)9-6-7-10(12)15-14-9/h6-8H,2-5H2,1H3,(H2,13,16). The van der Waals surface area contributed by atoms with E-state index in [4.69, 9.17) is 17.3 Å². The Morgan fingerprint density at radius 1 is 1.44 bits per heavy atom. The van der Waals surface area contributed by atoms with Crippen molar-refractivity contribution in [2.45, 2.75) is 38.5 Å². The molecule has 1 atom stereocenters. The summed E-state index contributed by atoms with van der Waals surface area (Å²) < 4.78 is 0. The Morgan fingerprint density at radius 3 is 2.69 bits per heavy atom. The van der Waals surface area contributed by atoms with Crippen LogP contribution in [-0.2, 0) is 4.79 Å². The first-order valence-corrected chi connectivity index (χ1v) is 5.81. The van der Waals surface area contributed by atoms with E-state index in [1.54, 1.807) is 12.1 Å². The van der Waals surface area contributed by atoms with E-state index in [0.717, 1.165) is 25.7 Å². The predicted molar refractivity (Wildman–Crippen MR) is 63.1 cm³/mol. The zero-order valence-corrected chi connectivity index (χ0v) is 10.1. The molecule has 0 saturated carbocycles. The van der Waals surface area contributed by atoms with Crippen molar-refractivity contribution in [2.24, 2.45) is 5.73 Å². The van der Waals surface area contributed by atoms with E-state index in [1.165, 1.54) is 0 Å². The van der Waals surface area contributed by atoms with Gasteiger partial charge in [0.15, 0.2) is 5.15 Å². The van der Waals surface area contributed by atoms with E-state index in [1.807, 2.05) is 0 Å². The maximum Gasteiger partial charge on any atom is 0.226 e. The Bertz CT molecular complexity index is 340. The van der Waals surface area contributed by atoms with Crippen molar-refractivity contribution in [1.29, 1.82) is 0 Å². The Balaban J connectivity index is 2.69. The molecule has 1 unspecified atom stereocenters. The van der Waals surface area contributed by atoms with Gasteiger partial charge in [0, 0.05) is 0 Å². The summed E-state index contributed by atoms with van der Waals surface area (Å²) in [5.41, 5.74) is 5.95. The van der Waals surface area contributed by atoms with E-state index in [9.17, 15) is 4.79 Å². The number of carbonyl (C=O) groups is 1. The number of unbranched alkanes of at least 4 members (excludes halogenated alkanes) is 2. The minimum Gasteiger partial charge on any atom is -0.369 e. The second kappa shape index (κ2) is 6.43. The summed E-state index contributed by atoms with van der Waals surface area (Å²) >= 11 is 5.63. The van der Waals surface area contributed by atoms with Crippen LogP contribution in [0.4, 0.5) is 0 Å². The van der Waals surface area contributed by atoms with E-state index >= 15 is 0 Å². The molecule has 1 amide bonds. The molecule has 2 N–H and O–H groups in total. The van der Waals surface area contributed by atoms with Crippen molar-refractivity contribution in [3.05, 3.63) is 23.0 Å². The van der Waals surface area contributed by atoms with E-state index in [-0.39, 0.29) is 11.8 Å². The number of aromatic nitrogens is 2. The van der Waals surface area contributed by atoms with Gasteiger partial charge in [-0.05, 0) is 18.6 Å². The van der Waals surface area contributed by atoms with Crippen LogP contribution in [0.25, 0.3) is 0 Å². The van der Waals surface area contributed by atoms with Crippen molar-refractivity contribution >= 4 is 17.5 Å². The average molecular weight is 242 g/mol. The van der Waals surface area contributed by atoms with E-state index < -0.39 is 0 Å². The van der Waals surface area contributed by atoms with Gasteiger partial charge in [-0.3, -0.25) is 4.79 Å². The number of primary amides is 1. The Hall–Kier alpha value is -1.16. The molecule has 88 valence electrons. The molecular weight excluding hydrogens is 226 g/mol. The lowest BCUT2D eigenvalue weighted by atomic mass is 9.97. The predicted octanol–water partition coefficient (Wildman–Crippen LogP) is 2.28. The third-order valence-electron chi connectivity index (χ3n) is 2.45. The molecule has 0 saturated heterocycles. The van der Waals surface area contributed by atoms with Gasteiger partial charge >= 0.3 is 0 Å². The number of halogens is 1. The summed E-state index contributed by atoms with van der Waals surface area (Å²) in [6.45, 7) is 2.11. The van der Waals surface area contributed by atoms with Gasteiger partial charge in [0.1, 0.15) is 0 Å². The van der Waals surface area contributed by atoms with Gasteiger partial charge in [-0.1, -0.05) is 37.8 Å². The van der Waals surface area contributed by atoms with Crippen LogP contribution in [0.3, 0.4) is 0 Å². The van der Waals surface area contributed by atoms with Crippen molar-refractivity contribution < 1.29 is 4.79 Å². The summed E-state index contributed by atoms with van der Waals surface area (Å²) in [6, 6.07) is 3.33. The highest BCUT2D eigenvalue weighted by Gasteiger charge is 2.19. The van der Waals surface area contributed by atoms with Crippen molar-refractivity contribution in [1.82, 2.24) is 10.2 Å². The third kappa shape index (κ3) is 3.77. The van der Waals surface area contributed by atoms with Gasteiger partial charge in [0.25, 0.3) is 0 Å². The fourth-order valence-electron chi connectivity index (χ4n) is 1.55. The summed E-state index contributed by atoms with van der Waals surface area (Å²) in [5.74, 6) is -0.705. The average Bonchev–Trinajstić information content (AvgIpc) is 2.26. The van der Waals surface area contributed by atoms with E-state index in [0.29, 0.717) is 10.8 Å². The molecule has 1 aromatic rings. The monoisotopic (exact) mass is 241 g/mol. The Kier molecular flexibility index (Phi) is 5.19. The zero-order valence-electron chi connectivity index (χ0n) is 9.32. The molecule has 0 radical (unpaired) electrons. The molecule has 16 heavy (non-hydrogen) atoms. The van der Waals surface area contributed by atoms with Crippen LogP contribution in [-0.4, -0.2) is 16.1 Å². The lowest BCUT2D eigenvalue weighted by molar-refractivity contribution is -0.119. The molecular formula is C11H16ClN3O. The van der Waals surface area contributed by atoms with Crippen LogP contribution >= 0.6 is 11.6 Å². The fraction of sp³-hybridized carbons (Fsp3) is 0.545. The number of nitrogens with zero attached hydrogens (tertiary/aromatic N) is 2.